The average molecular weight is 92.0 g/mol. The molecule has 0 aliphatic heterocycles. The van der Waals surface area contributed by atoms with Crippen LogP contribution < -0.4 is 0 Å². The van der Waals surface area contributed by atoms with Crippen molar-refractivity contribution >= 4 is 19.6 Å². The maximum atomic E-state index is 9.56. The number of hydrogen-bond acceptors (Lipinski definition) is 1. The Hall–Kier alpha value is 0.375. The molecule has 0 N–H and O–H groups in total. The molecular weight excluding hydrogens is 82.9 g/mol. The lowest BCUT2D eigenvalue weighted by atomic mass is 10.8. The van der Waals surface area contributed by atoms with Gasteiger partial charge in [-0.05, 0) is 0 Å². The van der Waals surface area contributed by atoms with Gasteiger partial charge in [0.05, 0.1) is 20.9 Å². The monoisotopic (exact) mass is 92.0 g/mol. The van der Waals surface area contributed by atoms with Gasteiger partial charge in [-0.25, -0.2) is 0 Å². The molecule has 0 aliphatic carbocycles. The van der Waals surface area contributed by atoms with Crippen LogP contribution in [0.3, 0.4) is 0 Å². The van der Waals surface area contributed by atoms with Crippen molar-refractivity contribution in [3.8, 4) is 0 Å². The summed E-state index contributed by atoms with van der Waals surface area (Å²) in [5.74, 6) is 0. The van der Waals surface area contributed by atoms with Crippen LogP contribution in [0, 0.1) is 0 Å². The number of hydrogen-bond donors (Lipinski definition) is 0. The molecule has 0 aromatic rings. The molecule has 0 aromatic heterocycles. The highest BCUT2D eigenvalue weighted by Crippen LogP contribution is 1.61. The van der Waals surface area contributed by atoms with Gasteiger partial charge in [0.25, 0.3) is 0 Å². The summed E-state index contributed by atoms with van der Waals surface area (Å²) in [5.41, 5.74) is 0. The van der Waals surface area contributed by atoms with Crippen LogP contribution in [-0.4, -0.2) is 25.5 Å². The predicted octanol–water partition coefficient (Wildman–Crippen LogP) is -1.19. The molecule has 0 saturated heterocycles. The van der Waals surface area contributed by atoms with E-state index in [1.807, 2.05) is 0 Å². The van der Waals surface area contributed by atoms with Gasteiger partial charge in [-0.3, -0.25) is 0 Å². The minimum absolute atomic E-state index is 0. The lowest BCUT2D eigenvalue weighted by molar-refractivity contribution is 0.606. The highest BCUT2D eigenvalue weighted by Gasteiger charge is 1.66. The van der Waals surface area contributed by atoms with E-state index in [1.165, 1.54) is 0 Å². The molecule has 0 amide bonds. The third-order valence-electron chi connectivity index (χ3n) is 0. The van der Waals surface area contributed by atoms with E-state index >= 15 is 0 Å². The molecule has 0 spiro atoms. The van der Waals surface area contributed by atoms with E-state index in [9.17, 15) is 4.55 Å². The van der Waals surface area contributed by atoms with Crippen molar-refractivity contribution in [2.24, 2.45) is 0 Å². The second kappa shape index (κ2) is 4.37. The Morgan fingerprint density at radius 2 is 1.40 bits per heavy atom. The molecule has 3 heteroatoms. The van der Waals surface area contributed by atoms with Gasteiger partial charge in [-0.2, -0.15) is 0 Å². The summed E-state index contributed by atoms with van der Waals surface area (Å²) in [6, 6.07) is 0. The Labute approximate surface area is 37.5 Å². The van der Waals surface area contributed by atoms with Crippen LogP contribution in [0.4, 0.5) is 0 Å². The zero-order valence-corrected chi connectivity index (χ0v) is 3.63. The van der Waals surface area contributed by atoms with Crippen molar-refractivity contribution in [2.75, 3.05) is 12.5 Å². The van der Waals surface area contributed by atoms with Crippen molar-refractivity contribution in [1.82, 2.24) is 0 Å². The minimum atomic E-state index is -0.611. The second-order valence-corrected chi connectivity index (χ2v) is 2.22. The van der Waals surface area contributed by atoms with Gasteiger partial charge in [0.1, 0.15) is 0 Å². The van der Waals surface area contributed by atoms with Crippen LogP contribution in [0.2, 0.25) is 0 Å². The molecule has 0 fully saturated rings. The summed E-state index contributed by atoms with van der Waals surface area (Å²) in [7, 11) is 0. The standard InChI is InChI=1S/C2H6OS.BH3/c1-4(2)3;/h1-2H3;1H3. The maximum Gasteiger partial charge on any atom is 0.0946 e. The van der Waals surface area contributed by atoms with Crippen molar-refractivity contribution in [2.45, 2.75) is 0 Å². The first-order valence-electron chi connectivity index (χ1n) is 0.983. The van der Waals surface area contributed by atoms with E-state index in [-0.39, 0.29) is 8.41 Å². The van der Waals surface area contributed by atoms with Crippen molar-refractivity contribution < 1.29 is 4.55 Å². The molecule has 0 saturated carbocycles. The smallest absolute Gasteiger partial charge is 0.0946 e. The minimum Gasteiger partial charge on any atom is -0.617 e. The molecule has 0 heterocycles. The Bertz CT molecular complexity index is 14.4. The van der Waals surface area contributed by atoms with Gasteiger partial charge >= 0.3 is 0 Å². The van der Waals surface area contributed by atoms with E-state index in [2.05, 4.69) is 0 Å². The molecule has 32 valence electrons. The van der Waals surface area contributed by atoms with Crippen molar-refractivity contribution in [1.29, 1.82) is 0 Å². The molecule has 0 aromatic carbocycles. The summed E-state index contributed by atoms with van der Waals surface area (Å²) in [5, 5.41) is 0. The first kappa shape index (κ1) is 9.03. The fourth-order valence-corrected chi connectivity index (χ4v) is 0. The first-order valence-corrected chi connectivity index (χ1v) is 2.95. The lowest BCUT2D eigenvalue weighted by Crippen LogP contribution is -1.86. The largest absolute Gasteiger partial charge is 0.617 e. The first-order chi connectivity index (χ1) is 1.73. The van der Waals surface area contributed by atoms with E-state index < -0.39 is 11.2 Å². The average Bonchev–Trinajstić information content (AvgIpc) is 0.811. The Morgan fingerprint density at radius 3 is 1.40 bits per heavy atom. The van der Waals surface area contributed by atoms with Crippen molar-refractivity contribution in [3.63, 3.8) is 0 Å². The Kier molecular flexibility index (Phi) is 7.90. The third-order valence-corrected chi connectivity index (χ3v) is 0. The molecule has 0 aliphatic rings. The predicted molar refractivity (Wildman–Crippen MR) is 29.9 cm³/mol. The molecule has 0 bridgehead atoms. The summed E-state index contributed by atoms with van der Waals surface area (Å²) in [6.45, 7) is 0. The van der Waals surface area contributed by atoms with Gasteiger partial charge < -0.3 is 4.55 Å². The van der Waals surface area contributed by atoms with Gasteiger partial charge in [-0.15, -0.1) is 0 Å². The topological polar surface area (TPSA) is 23.1 Å². The van der Waals surface area contributed by atoms with Gasteiger partial charge in [0.15, 0.2) is 0 Å². The van der Waals surface area contributed by atoms with Gasteiger partial charge in [-0.1, -0.05) is 11.2 Å². The van der Waals surface area contributed by atoms with Crippen LogP contribution in [0.15, 0.2) is 0 Å². The molecule has 0 radical (unpaired) electrons. The van der Waals surface area contributed by atoms with E-state index in [0.29, 0.717) is 0 Å². The maximum absolute atomic E-state index is 9.56. The third kappa shape index (κ3) is 176. The summed E-state index contributed by atoms with van der Waals surface area (Å²) in [6.07, 6.45) is 3.28. The highest BCUT2D eigenvalue weighted by atomic mass is 32.2. The fraction of sp³-hybridized carbons (Fsp3) is 1.00. The zero-order chi connectivity index (χ0) is 3.58. The summed E-state index contributed by atoms with van der Waals surface area (Å²) < 4.78 is 9.56. The van der Waals surface area contributed by atoms with Crippen LogP contribution in [0.5, 0.6) is 0 Å². The van der Waals surface area contributed by atoms with Gasteiger partial charge in [0.2, 0.25) is 0 Å². The van der Waals surface area contributed by atoms with Crippen LogP contribution >= 0.6 is 0 Å². The lowest BCUT2D eigenvalue weighted by Gasteiger charge is -1.87. The van der Waals surface area contributed by atoms with E-state index in [4.69, 9.17) is 0 Å². The Morgan fingerprint density at radius 1 is 1.40 bits per heavy atom. The zero-order valence-electron chi connectivity index (χ0n) is 2.82. The highest BCUT2D eigenvalue weighted by molar-refractivity contribution is 7.89. The summed E-state index contributed by atoms with van der Waals surface area (Å²) >= 11 is -0.611. The Balaban J connectivity index is 0. The molecule has 5 heavy (non-hydrogen) atoms. The molecule has 0 rings (SSSR count). The van der Waals surface area contributed by atoms with E-state index in [1.54, 1.807) is 12.5 Å². The van der Waals surface area contributed by atoms with Crippen LogP contribution in [0.25, 0.3) is 0 Å². The van der Waals surface area contributed by atoms with Crippen LogP contribution in [-0.2, 0) is 11.2 Å². The molecule has 1 nitrogen and oxygen atoms in total. The quantitative estimate of drug-likeness (QED) is 0.272. The fourth-order valence-electron chi connectivity index (χ4n) is 0. The molecule has 0 unspecified atom stereocenters. The second-order valence-electron chi connectivity index (χ2n) is 0.742. The van der Waals surface area contributed by atoms with Crippen molar-refractivity contribution in [3.05, 3.63) is 0 Å². The SMILES string of the molecule is B.C[S+](C)[O-]. The van der Waals surface area contributed by atoms with Crippen LogP contribution in [0.1, 0.15) is 0 Å². The van der Waals surface area contributed by atoms with Gasteiger partial charge in [0, 0.05) is 0 Å². The summed E-state index contributed by atoms with van der Waals surface area (Å²) in [4.78, 5) is 0. The number of rotatable bonds is 0. The van der Waals surface area contributed by atoms with E-state index in [0.717, 1.165) is 0 Å². The molecule has 0 atom stereocenters. The molecular formula is C2H9BOS. The normalized spacial score (nSPS) is 7.20.